The highest BCUT2D eigenvalue weighted by molar-refractivity contribution is 7.47. The van der Waals surface area contributed by atoms with Crippen LogP contribution in [0.5, 0.6) is 0 Å². The lowest BCUT2D eigenvalue weighted by molar-refractivity contribution is -0.154. The highest BCUT2D eigenvalue weighted by Crippen LogP contribution is 2.43. The van der Waals surface area contributed by atoms with Crippen molar-refractivity contribution in [2.24, 2.45) is 5.73 Å². The summed E-state index contributed by atoms with van der Waals surface area (Å²) in [4.78, 5) is 21.7. The van der Waals surface area contributed by atoms with Crippen molar-refractivity contribution in [1.29, 1.82) is 0 Å². The Morgan fingerprint density at radius 3 is 1.76 bits per heavy atom. The largest absolute Gasteiger partial charge is 0.472 e. The number of nitrogens with two attached hydrogens (primary N) is 1. The van der Waals surface area contributed by atoms with Crippen LogP contribution in [0, 0.1) is 0 Å². The van der Waals surface area contributed by atoms with Crippen molar-refractivity contribution in [3.8, 4) is 0 Å². The van der Waals surface area contributed by atoms with E-state index >= 15 is 0 Å². The first kappa shape index (κ1) is 40.2. The van der Waals surface area contributed by atoms with Crippen molar-refractivity contribution in [3.05, 3.63) is 12.2 Å². The molecule has 244 valence electrons. The van der Waals surface area contributed by atoms with E-state index in [1.54, 1.807) is 0 Å². The van der Waals surface area contributed by atoms with Crippen LogP contribution in [-0.4, -0.2) is 49.9 Å². The lowest BCUT2D eigenvalue weighted by atomic mass is 10.1. The van der Waals surface area contributed by atoms with Gasteiger partial charge in [0.05, 0.1) is 19.8 Å². The number of unbranched alkanes of at least 4 members (excludes halogenated alkanes) is 17. The fourth-order valence-electron chi connectivity index (χ4n) is 4.44. The summed E-state index contributed by atoms with van der Waals surface area (Å²) in [5.41, 5.74) is 5.29. The Labute approximate surface area is 252 Å². The van der Waals surface area contributed by atoms with E-state index in [1.807, 2.05) is 6.92 Å². The minimum absolute atomic E-state index is 0.0948. The van der Waals surface area contributed by atoms with Crippen LogP contribution >= 0.6 is 7.82 Å². The van der Waals surface area contributed by atoms with E-state index in [2.05, 4.69) is 19.1 Å². The minimum Gasteiger partial charge on any atom is -0.457 e. The Balaban J connectivity index is 3.73. The molecule has 0 spiro atoms. The number of rotatable bonds is 32. The Bertz CT molecular complexity index is 648. The molecule has 0 saturated carbocycles. The number of hydrogen-bond acceptors (Lipinski definition) is 7. The van der Waals surface area contributed by atoms with E-state index in [1.165, 1.54) is 103 Å². The van der Waals surface area contributed by atoms with Crippen LogP contribution in [-0.2, 0) is 27.9 Å². The molecule has 0 radical (unpaired) electrons. The van der Waals surface area contributed by atoms with Crippen molar-refractivity contribution in [2.45, 2.75) is 155 Å². The molecule has 2 unspecified atom stereocenters. The van der Waals surface area contributed by atoms with Gasteiger partial charge in [0.1, 0.15) is 6.10 Å². The second-order valence-corrected chi connectivity index (χ2v) is 12.5. The van der Waals surface area contributed by atoms with Gasteiger partial charge in [0.15, 0.2) is 0 Å². The smallest absolute Gasteiger partial charge is 0.457 e. The molecule has 0 heterocycles. The van der Waals surface area contributed by atoms with Crippen molar-refractivity contribution < 1.29 is 32.8 Å². The molecule has 0 aliphatic carbocycles. The zero-order valence-corrected chi connectivity index (χ0v) is 27.4. The molecule has 0 amide bonds. The fraction of sp³-hybridized carbons (Fsp3) is 0.906. The van der Waals surface area contributed by atoms with Crippen molar-refractivity contribution in [2.75, 3.05) is 33.0 Å². The summed E-state index contributed by atoms with van der Waals surface area (Å²) in [6.45, 7) is 4.66. The van der Waals surface area contributed by atoms with Crippen LogP contribution in [0.15, 0.2) is 12.2 Å². The second kappa shape index (κ2) is 30.7. The first-order valence-corrected chi connectivity index (χ1v) is 18.2. The molecular formula is C32H64NO7P. The van der Waals surface area contributed by atoms with Gasteiger partial charge in [-0.2, -0.15) is 0 Å². The normalized spacial score (nSPS) is 14.0. The average molecular weight is 606 g/mol. The van der Waals surface area contributed by atoms with Gasteiger partial charge in [-0.05, 0) is 38.5 Å². The first-order chi connectivity index (χ1) is 19.9. The lowest BCUT2D eigenvalue weighted by Gasteiger charge is -2.20. The molecule has 9 heteroatoms. The predicted molar refractivity (Wildman–Crippen MR) is 169 cm³/mol. The number of allylic oxidation sites excluding steroid dienone is 2. The third-order valence-electron chi connectivity index (χ3n) is 6.93. The zero-order chi connectivity index (χ0) is 30.3. The van der Waals surface area contributed by atoms with Gasteiger partial charge in [0, 0.05) is 19.6 Å². The van der Waals surface area contributed by atoms with Gasteiger partial charge < -0.3 is 20.1 Å². The Morgan fingerprint density at radius 2 is 1.22 bits per heavy atom. The van der Waals surface area contributed by atoms with Crippen LogP contribution in [0.4, 0.5) is 0 Å². The maximum Gasteiger partial charge on any atom is 0.472 e. The third kappa shape index (κ3) is 30.5. The van der Waals surface area contributed by atoms with Gasteiger partial charge in [0.25, 0.3) is 0 Å². The van der Waals surface area contributed by atoms with Crippen molar-refractivity contribution in [3.63, 3.8) is 0 Å². The maximum atomic E-state index is 12.0. The summed E-state index contributed by atoms with van der Waals surface area (Å²) >= 11 is 0. The van der Waals surface area contributed by atoms with Gasteiger partial charge in [-0.15, -0.1) is 0 Å². The van der Waals surface area contributed by atoms with Crippen molar-refractivity contribution >= 4 is 13.8 Å². The first-order valence-electron chi connectivity index (χ1n) is 16.7. The SMILES string of the molecule is CCCCCCCC/C=C\CCCCCCCCCCCCOCC(COP(=O)(O)OCCN)OC(=O)CCCC. The molecule has 8 nitrogen and oxygen atoms in total. The Hall–Kier alpha value is -0.760. The number of ether oxygens (including phenoxy) is 2. The molecular weight excluding hydrogens is 541 g/mol. The van der Waals surface area contributed by atoms with Crippen LogP contribution < -0.4 is 5.73 Å². The molecule has 0 fully saturated rings. The van der Waals surface area contributed by atoms with Crippen LogP contribution in [0.25, 0.3) is 0 Å². The summed E-state index contributed by atoms with van der Waals surface area (Å²) in [5.74, 6) is -0.365. The molecule has 0 aromatic rings. The molecule has 0 aliphatic heterocycles. The summed E-state index contributed by atoms with van der Waals surface area (Å²) < 4.78 is 32.7. The minimum atomic E-state index is -4.24. The van der Waals surface area contributed by atoms with E-state index in [0.29, 0.717) is 13.0 Å². The zero-order valence-electron chi connectivity index (χ0n) is 26.5. The number of carbonyl (C=O) groups excluding carboxylic acids is 1. The van der Waals surface area contributed by atoms with Gasteiger partial charge in [-0.1, -0.05) is 116 Å². The fourth-order valence-corrected chi connectivity index (χ4v) is 5.20. The van der Waals surface area contributed by atoms with E-state index in [0.717, 1.165) is 25.7 Å². The molecule has 2 atom stereocenters. The number of phosphoric acid groups is 1. The maximum absolute atomic E-state index is 12.0. The molecule has 41 heavy (non-hydrogen) atoms. The predicted octanol–water partition coefficient (Wildman–Crippen LogP) is 8.80. The lowest BCUT2D eigenvalue weighted by Crippen LogP contribution is -2.28. The topological polar surface area (TPSA) is 117 Å². The van der Waals surface area contributed by atoms with E-state index in [4.69, 9.17) is 24.3 Å². The third-order valence-corrected chi connectivity index (χ3v) is 7.92. The number of carbonyl (C=O) groups is 1. The summed E-state index contributed by atoms with van der Waals surface area (Å²) in [7, 11) is -4.24. The highest BCUT2D eigenvalue weighted by Gasteiger charge is 2.25. The van der Waals surface area contributed by atoms with E-state index < -0.39 is 13.9 Å². The van der Waals surface area contributed by atoms with Crippen LogP contribution in [0.3, 0.4) is 0 Å². The molecule has 0 saturated heterocycles. The molecule has 0 aliphatic rings. The monoisotopic (exact) mass is 605 g/mol. The molecule has 3 N–H and O–H groups in total. The summed E-state index contributed by atoms with van der Waals surface area (Å²) in [5, 5.41) is 0. The summed E-state index contributed by atoms with van der Waals surface area (Å²) in [6, 6.07) is 0. The van der Waals surface area contributed by atoms with E-state index in [9.17, 15) is 14.3 Å². The van der Waals surface area contributed by atoms with Gasteiger partial charge >= 0.3 is 13.8 Å². The van der Waals surface area contributed by atoms with Gasteiger partial charge in [-0.3, -0.25) is 13.8 Å². The molecule has 0 rings (SSSR count). The van der Waals surface area contributed by atoms with Gasteiger partial charge in [-0.25, -0.2) is 4.57 Å². The molecule has 0 aromatic carbocycles. The second-order valence-electron chi connectivity index (χ2n) is 11.0. The van der Waals surface area contributed by atoms with Crippen LogP contribution in [0.2, 0.25) is 0 Å². The van der Waals surface area contributed by atoms with E-state index in [-0.39, 0.29) is 32.3 Å². The van der Waals surface area contributed by atoms with Crippen LogP contribution in [0.1, 0.15) is 149 Å². The Kier molecular flexibility index (Phi) is 30.1. The molecule has 0 bridgehead atoms. The quantitative estimate of drug-likeness (QED) is 0.0338. The Morgan fingerprint density at radius 1 is 0.707 bits per heavy atom. The molecule has 0 aromatic heterocycles. The number of esters is 1. The van der Waals surface area contributed by atoms with Crippen molar-refractivity contribution in [1.82, 2.24) is 0 Å². The number of hydrogen-bond donors (Lipinski definition) is 2. The summed E-state index contributed by atoms with van der Waals surface area (Å²) in [6.07, 6.45) is 29.1. The van der Waals surface area contributed by atoms with Gasteiger partial charge in [0.2, 0.25) is 0 Å². The average Bonchev–Trinajstić information content (AvgIpc) is 2.96. The number of phosphoric ester groups is 1. The standard InChI is InChI=1S/C32H64NO7P/c1-3-5-7-8-9-10-11-12-13-14-15-16-17-18-19-20-21-22-23-24-27-37-29-31(40-32(34)25-6-4-2)30-39-41(35,36)38-28-26-33/h12-13,31H,3-11,14-30,33H2,1-2H3,(H,35,36)/b13-12-. The highest BCUT2D eigenvalue weighted by atomic mass is 31.2.